The SMILES string of the molecule is COCCCCOCSSC(C)(C)CCOC(C)=O. The maximum Gasteiger partial charge on any atom is 0.302 e. The van der Waals surface area contributed by atoms with E-state index in [-0.39, 0.29) is 10.7 Å². The summed E-state index contributed by atoms with van der Waals surface area (Å²) in [5, 5.41) is 0. The van der Waals surface area contributed by atoms with Crippen molar-refractivity contribution in [1.82, 2.24) is 0 Å². The Morgan fingerprint density at radius 3 is 2.47 bits per heavy atom. The Kier molecular flexibility index (Phi) is 11.9. The van der Waals surface area contributed by atoms with E-state index in [0.29, 0.717) is 12.5 Å². The van der Waals surface area contributed by atoms with Crippen LogP contribution in [0.25, 0.3) is 0 Å². The monoisotopic (exact) mass is 310 g/mol. The molecule has 6 heteroatoms. The lowest BCUT2D eigenvalue weighted by Gasteiger charge is -2.22. The number of carbonyl (C=O) groups is 1. The van der Waals surface area contributed by atoms with Crippen molar-refractivity contribution in [3.05, 3.63) is 0 Å². The molecule has 0 rings (SSSR count). The molecule has 0 aromatic carbocycles. The summed E-state index contributed by atoms with van der Waals surface area (Å²) in [6, 6.07) is 0. The summed E-state index contributed by atoms with van der Waals surface area (Å²) in [5.41, 5.74) is 0. The van der Waals surface area contributed by atoms with Gasteiger partial charge in [0.25, 0.3) is 0 Å². The minimum atomic E-state index is -0.215. The summed E-state index contributed by atoms with van der Waals surface area (Å²) in [6.45, 7) is 7.79. The fraction of sp³-hybridized carbons (Fsp3) is 0.923. The second-order valence-corrected chi connectivity index (χ2v) is 7.73. The van der Waals surface area contributed by atoms with Gasteiger partial charge in [-0.15, -0.1) is 0 Å². The third kappa shape index (κ3) is 14.3. The van der Waals surface area contributed by atoms with E-state index in [1.54, 1.807) is 28.7 Å². The van der Waals surface area contributed by atoms with Crippen LogP contribution in [0.5, 0.6) is 0 Å². The molecular weight excluding hydrogens is 284 g/mol. The normalized spacial score (nSPS) is 11.6. The molecule has 0 spiro atoms. The molecule has 0 saturated heterocycles. The van der Waals surface area contributed by atoms with Gasteiger partial charge in [-0.05, 0) is 33.1 Å². The maximum absolute atomic E-state index is 10.7. The predicted molar refractivity (Wildman–Crippen MR) is 82.4 cm³/mol. The molecule has 0 aromatic heterocycles. The summed E-state index contributed by atoms with van der Waals surface area (Å²) in [5.74, 6) is 0.474. The molecule has 0 heterocycles. The van der Waals surface area contributed by atoms with E-state index in [4.69, 9.17) is 14.2 Å². The molecule has 0 amide bonds. The van der Waals surface area contributed by atoms with Crippen LogP contribution in [-0.4, -0.2) is 43.6 Å². The Balaban J connectivity index is 3.39. The van der Waals surface area contributed by atoms with Crippen LogP contribution in [0.15, 0.2) is 0 Å². The number of ether oxygens (including phenoxy) is 3. The van der Waals surface area contributed by atoms with Crippen molar-refractivity contribution < 1.29 is 19.0 Å². The lowest BCUT2D eigenvalue weighted by molar-refractivity contribution is -0.141. The van der Waals surface area contributed by atoms with Gasteiger partial charge < -0.3 is 14.2 Å². The number of esters is 1. The van der Waals surface area contributed by atoms with E-state index in [9.17, 15) is 4.79 Å². The number of methoxy groups -OCH3 is 1. The van der Waals surface area contributed by atoms with E-state index in [1.807, 2.05) is 0 Å². The Morgan fingerprint density at radius 1 is 1.16 bits per heavy atom. The van der Waals surface area contributed by atoms with Gasteiger partial charge in [0, 0.05) is 32.0 Å². The minimum absolute atomic E-state index is 0.0829. The lowest BCUT2D eigenvalue weighted by atomic mass is 10.1. The zero-order valence-corrected chi connectivity index (χ0v) is 14.0. The lowest BCUT2D eigenvalue weighted by Crippen LogP contribution is -2.17. The number of unbranched alkanes of at least 4 members (excludes halogenated alkanes) is 1. The van der Waals surface area contributed by atoms with Crippen LogP contribution in [-0.2, 0) is 19.0 Å². The largest absolute Gasteiger partial charge is 0.466 e. The van der Waals surface area contributed by atoms with Crippen LogP contribution in [0.2, 0.25) is 0 Å². The summed E-state index contributed by atoms with van der Waals surface area (Å²) < 4.78 is 15.5. The zero-order valence-electron chi connectivity index (χ0n) is 12.4. The summed E-state index contributed by atoms with van der Waals surface area (Å²) in [6.07, 6.45) is 2.93. The van der Waals surface area contributed by atoms with Gasteiger partial charge in [0.1, 0.15) is 5.94 Å². The van der Waals surface area contributed by atoms with Crippen LogP contribution < -0.4 is 0 Å². The first-order chi connectivity index (χ1) is 8.98. The molecule has 0 aliphatic rings. The van der Waals surface area contributed by atoms with Gasteiger partial charge in [-0.3, -0.25) is 4.79 Å². The Morgan fingerprint density at radius 2 is 1.84 bits per heavy atom. The minimum Gasteiger partial charge on any atom is -0.466 e. The molecule has 0 bridgehead atoms. The van der Waals surface area contributed by atoms with Crippen molar-refractivity contribution in [1.29, 1.82) is 0 Å². The maximum atomic E-state index is 10.7. The third-order valence-electron chi connectivity index (χ3n) is 2.31. The molecule has 19 heavy (non-hydrogen) atoms. The zero-order chi connectivity index (χ0) is 14.6. The van der Waals surface area contributed by atoms with Crippen LogP contribution in [0.3, 0.4) is 0 Å². The topological polar surface area (TPSA) is 44.8 Å². The van der Waals surface area contributed by atoms with Gasteiger partial charge in [-0.2, -0.15) is 0 Å². The quantitative estimate of drug-likeness (QED) is 0.238. The van der Waals surface area contributed by atoms with E-state index in [2.05, 4.69) is 13.8 Å². The highest BCUT2D eigenvalue weighted by Crippen LogP contribution is 2.37. The molecule has 0 N–H and O–H groups in total. The number of rotatable bonds is 12. The second kappa shape index (κ2) is 11.9. The van der Waals surface area contributed by atoms with E-state index >= 15 is 0 Å². The van der Waals surface area contributed by atoms with Crippen molar-refractivity contribution in [2.24, 2.45) is 0 Å². The van der Waals surface area contributed by atoms with Crippen LogP contribution in [0.1, 0.15) is 40.0 Å². The standard InChI is InChI=1S/C13H26O4S2/c1-12(14)17-10-7-13(2,3)19-18-11-16-9-6-5-8-15-4/h5-11H2,1-4H3. The van der Waals surface area contributed by atoms with Crippen molar-refractivity contribution in [2.45, 2.75) is 44.8 Å². The highest BCUT2D eigenvalue weighted by atomic mass is 33.1. The smallest absolute Gasteiger partial charge is 0.302 e. The number of hydrogen-bond acceptors (Lipinski definition) is 6. The Bertz CT molecular complexity index is 235. The van der Waals surface area contributed by atoms with Gasteiger partial charge in [0.2, 0.25) is 0 Å². The van der Waals surface area contributed by atoms with Gasteiger partial charge in [-0.25, -0.2) is 0 Å². The molecule has 0 aromatic rings. The Labute approximate surface area is 124 Å². The molecule has 0 radical (unpaired) electrons. The average molecular weight is 310 g/mol. The first kappa shape index (κ1) is 19.1. The first-order valence-electron chi connectivity index (χ1n) is 6.48. The second-order valence-electron chi connectivity index (χ2n) is 4.78. The highest BCUT2D eigenvalue weighted by Gasteiger charge is 2.19. The molecule has 4 nitrogen and oxygen atoms in total. The van der Waals surface area contributed by atoms with E-state index in [0.717, 1.165) is 32.5 Å². The molecule has 0 aliphatic heterocycles. The summed E-state index contributed by atoms with van der Waals surface area (Å²) >= 11 is 0. The van der Waals surface area contributed by atoms with Crippen molar-refractivity contribution >= 4 is 27.6 Å². The molecule has 0 aliphatic carbocycles. The molecule has 0 fully saturated rings. The van der Waals surface area contributed by atoms with Gasteiger partial charge in [-0.1, -0.05) is 21.6 Å². The fourth-order valence-electron chi connectivity index (χ4n) is 1.21. The molecule has 0 unspecified atom stereocenters. The van der Waals surface area contributed by atoms with Crippen molar-refractivity contribution in [3.8, 4) is 0 Å². The van der Waals surface area contributed by atoms with Gasteiger partial charge >= 0.3 is 5.97 Å². The molecule has 114 valence electrons. The first-order valence-corrected chi connectivity index (χ1v) is 8.80. The van der Waals surface area contributed by atoms with Gasteiger partial charge in [0.05, 0.1) is 6.61 Å². The highest BCUT2D eigenvalue weighted by molar-refractivity contribution is 8.77. The number of carbonyl (C=O) groups excluding carboxylic acids is 1. The summed E-state index contributed by atoms with van der Waals surface area (Å²) in [4.78, 5) is 10.7. The van der Waals surface area contributed by atoms with Gasteiger partial charge in [0.15, 0.2) is 0 Å². The van der Waals surface area contributed by atoms with Crippen LogP contribution >= 0.6 is 21.6 Å². The van der Waals surface area contributed by atoms with Crippen LogP contribution in [0.4, 0.5) is 0 Å². The van der Waals surface area contributed by atoms with Crippen LogP contribution in [0, 0.1) is 0 Å². The molecule has 0 atom stereocenters. The van der Waals surface area contributed by atoms with E-state index in [1.165, 1.54) is 6.92 Å². The Hall–Kier alpha value is 0.0900. The fourth-order valence-corrected chi connectivity index (χ4v) is 3.48. The number of hydrogen-bond donors (Lipinski definition) is 0. The van der Waals surface area contributed by atoms with Crippen molar-refractivity contribution in [3.63, 3.8) is 0 Å². The predicted octanol–water partition coefficient (Wildman–Crippen LogP) is 3.50. The van der Waals surface area contributed by atoms with E-state index < -0.39 is 0 Å². The third-order valence-corrected chi connectivity index (χ3v) is 5.34. The molecular formula is C13H26O4S2. The summed E-state index contributed by atoms with van der Waals surface area (Å²) in [7, 11) is 5.19. The average Bonchev–Trinajstić information content (AvgIpc) is 2.31. The van der Waals surface area contributed by atoms with Crippen molar-refractivity contribution in [2.75, 3.05) is 32.9 Å². The molecule has 0 saturated carbocycles.